The van der Waals surface area contributed by atoms with Crippen LogP contribution in [0.3, 0.4) is 0 Å². The second-order valence-electron chi connectivity index (χ2n) is 8.10. The zero-order chi connectivity index (χ0) is 21.8. The van der Waals surface area contributed by atoms with Gasteiger partial charge < -0.3 is 14.6 Å². The number of nitrogens with zero attached hydrogens (tertiary/aromatic N) is 6. The molecule has 4 aromatic rings. The van der Waals surface area contributed by atoms with Crippen LogP contribution in [-0.2, 0) is 9.59 Å². The summed E-state index contributed by atoms with van der Waals surface area (Å²) in [7, 11) is 1.92. The Morgan fingerprint density at radius 1 is 1.22 bits per heavy atom. The second kappa shape index (κ2) is 6.91. The summed E-state index contributed by atoms with van der Waals surface area (Å²) in [5, 5.41) is 10.3. The smallest absolute Gasteiger partial charge is 0.254 e. The number of nitrogens with one attached hydrogen (secondary N) is 2. The standard InChI is InChI=1S/C22H20N8O2/c1-28(19-12-29-7-3-2-4-16(29)25-19)17-10-18(24-15-5-6-15)30-21(26-17)14(11-23-30)8-13-9-20(31)27-22(13)32/h2-4,7-8,10-12,15,24H,5-6,9H2,1H3,(H,27,31,32)/b13-8+. The molecule has 0 unspecified atom stereocenters. The molecule has 0 radical (unpaired) electrons. The minimum absolute atomic E-state index is 0.0597. The van der Waals surface area contributed by atoms with E-state index in [0.717, 1.165) is 30.1 Å². The van der Waals surface area contributed by atoms with Crippen LogP contribution in [0, 0.1) is 0 Å². The molecule has 2 amide bonds. The summed E-state index contributed by atoms with van der Waals surface area (Å²) in [5.74, 6) is 1.60. The fourth-order valence-electron chi connectivity index (χ4n) is 3.79. The quantitative estimate of drug-likeness (QED) is 0.370. The average molecular weight is 428 g/mol. The van der Waals surface area contributed by atoms with Crippen LogP contribution in [-0.4, -0.2) is 48.9 Å². The van der Waals surface area contributed by atoms with Crippen LogP contribution >= 0.6 is 0 Å². The molecular formula is C22H20N8O2. The van der Waals surface area contributed by atoms with Crippen LogP contribution in [0.1, 0.15) is 24.8 Å². The van der Waals surface area contributed by atoms with Gasteiger partial charge in [0.25, 0.3) is 5.91 Å². The largest absolute Gasteiger partial charge is 0.367 e. The van der Waals surface area contributed by atoms with Gasteiger partial charge in [-0.05, 0) is 31.1 Å². The molecule has 160 valence electrons. The molecule has 0 bridgehead atoms. The molecule has 4 aromatic heterocycles. The Morgan fingerprint density at radius 3 is 2.84 bits per heavy atom. The number of hydrogen-bond donors (Lipinski definition) is 2. The molecule has 2 N–H and O–H groups in total. The molecule has 0 atom stereocenters. The van der Waals surface area contributed by atoms with Crippen molar-refractivity contribution < 1.29 is 9.59 Å². The predicted octanol–water partition coefficient (Wildman–Crippen LogP) is 2.15. The zero-order valence-corrected chi connectivity index (χ0v) is 17.3. The van der Waals surface area contributed by atoms with Crippen molar-refractivity contribution in [3.05, 3.63) is 54.0 Å². The molecule has 1 aliphatic carbocycles. The van der Waals surface area contributed by atoms with Crippen molar-refractivity contribution >= 4 is 46.6 Å². The summed E-state index contributed by atoms with van der Waals surface area (Å²) < 4.78 is 3.69. The Labute approximate surface area is 182 Å². The Kier molecular flexibility index (Phi) is 4.00. The maximum atomic E-state index is 12.0. The van der Waals surface area contributed by atoms with E-state index in [-0.39, 0.29) is 18.2 Å². The predicted molar refractivity (Wildman–Crippen MR) is 119 cm³/mol. The van der Waals surface area contributed by atoms with E-state index in [9.17, 15) is 9.59 Å². The molecule has 2 fully saturated rings. The number of imidazole rings is 1. The Balaban J connectivity index is 1.46. The van der Waals surface area contributed by atoms with Gasteiger partial charge in [-0.1, -0.05) is 6.07 Å². The number of aromatic nitrogens is 5. The number of carbonyl (C=O) groups excluding carboxylic acids is 2. The third-order valence-electron chi connectivity index (χ3n) is 5.68. The van der Waals surface area contributed by atoms with E-state index in [1.165, 1.54) is 0 Å². The molecule has 5 heterocycles. The first kappa shape index (κ1) is 18.6. The SMILES string of the molecule is CN(c1cn2ccccc2n1)c1cc(NC2CC2)n2ncc(/C=C3\CC(=O)NC3=O)c2n1. The highest BCUT2D eigenvalue weighted by Crippen LogP contribution is 2.30. The van der Waals surface area contributed by atoms with Crippen molar-refractivity contribution in [3.8, 4) is 0 Å². The van der Waals surface area contributed by atoms with E-state index < -0.39 is 0 Å². The number of imide groups is 1. The molecule has 32 heavy (non-hydrogen) atoms. The molecule has 2 aliphatic rings. The van der Waals surface area contributed by atoms with Crippen LogP contribution in [0.4, 0.5) is 17.5 Å². The molecule has 10 heteroatoms. The summed E-state index contributed by atoms with van der Waals surface area (Å²) in [6.07, 6.45) is 9.53. The van der Waals surface area contributed by atoms with Crippen molar-refractivity contribution in [3.63, 3.8) is 0 Å². The summed E-state index contributed by atoms with van der Waals surface area (Å²) in [6.45, 7) is 0. The Hall–Kier alpha value is -4.21. The lowest BCUT2D eigenvalue weighted by Crippen LogP contribution is -2.19. The van der Waals surface area contributed by atoms with Gasteiger partial charge in [0, 0.05) is 36.5 Å². The fraction of sp³-hybridized carbons (Fsp3) is 0.227. The topological polar surface area (TPSA) is 109 Å². The summed E-state index contributed by atoms with van der Waals surface area (Å²) in [5.41, 5.74) is 2.52. The highest BCUT2D eigenvalue weighted by atomic mass is 16.2. The lowest BCUT2D eigenvalue weighted by molar-refractivity contribution is -0.124. The lowest BCUT2D eigenvalue weighted by Gasteiger charge is -2.17. The molecule has 0 spiro atoms. The molecule has 1 aliphatic heterocycles. The van der Waals surface area contributed by atoms with E-state index in [1.54, 1.807) is 16.8 Å². The molecule has 6 rings (SSSR count). The van der Waals surface area contributed by atoms with Crippen molar-refractivity contribution in [1.29, 1.82) is 0 Å². The number of amides is 2. The van der Waals surface area contributed by atoms with Crippen LogP contribution in [0.25, 0.3) is 17.4 Å². The van der Waals surface area contributed by atoms with Gasteiger partial charge in [-0.15, -0.1) is 0 Å². The molecule has 10 nitrogen and oxygen atoms in total. The first-order chi connectivity index (χ1) is 15.5. The van der Waals surface area contributed by atoms with Crippen LogP contribution in [0.15, 0.2) is 48.4 Å². The molecule has 1 saturated heterocycles. The summed E-state index contributed by atoms with van der Waals surface area (Å²) >= 11 is 0. The van der Waals surface area contributed by atoms with Crippen LogP contribution in [0.5, 0.6) is 0 Å². The zero-order valence-electron chi connectivity index (χ0n) is 17.3. The average Bonchev–Trinajstić information content (AvgIpc) is 3.20. The third kappa shape index (κ3) is 3.16. The van der Waals surface area contributed by atoms with E-state index >= 15 is 0 Å². The van der Waals surface area contributed by atoms with Gasteiger partial charge in [-0.25, -0.2) is 9.97 Å². The Morgan fingerprint density at radius 2 is 2.09 bits per heavy atom. The number of pyridine rings is 1. The lowest BCUT2D eigenvalue weighted by atomic mass is 10.1. The molecule has 0 aromatic carbocycles. The number of hydrogen-bond acceptors (Lipinski definition) is 7. The first-order valence-corrected chi connectivity index (χ1v) is 10.4. The number of anilines is 3. The van der Waals surface area contributed by atoms with Crippen molar-refractivity contribution in [2.45, 2.75) is 25.3 Å². The second-order valence-corrected chi connectivity index (χ2v) is 8.10. The summed E-state index contributed by atoms with van der Waals surface area (Å²) in [4.78, 5) is 35.0. The number of carbonyl (C=O) groups is 2. The van der Waals surface area contributed by atoms with E-state index in [4.69, 9.17) is 4.98 Å². The number of fused-ring (bicyclic) bond motifs is 2. The molecule has 1 saturated carbocycles. The normalized spacial score (nSPS) is 17.5. The van der Waals surface area contributed by atoms with Gasteiger partial charge in [0.15, 0.2) is 11.5 Å². The number of rotatable bonds is 5. The Bertz CT molecular complexity index is 1400. The fourth-order valence-corrected chi connectivity index (χ4v) is 3.79. The van der Waals surface area contributed by atoms with E-state index in [1.807, 2.05) is 53.0 Å². The van der Waals surface area contributed by atoms with Crippen molar-refractivity contribution in [2.75, 3.05) is 17.3 Å². The minimum Gasteiger partial charge on any atom is -0.367 e. The minimum atomic E-state index is -0.372. The van der Waals surface area contributed by atoms with Crippen LogP contribution in [0.2, 0.25) is 0 Å². The third-order valence-corrected chi connectivity index (χ3v) is 5.68. The van der Waals surface area contributed by atoms with Crippen LogP contribution < -0.4 is 15.5 Å². The van der Waals surface area contributed by atoms with Gasteiger partial charge in [-0.3, -0.25) is 14.9 Å². The maximum Gasteiger partial charge on any atom is 0.254 e. The first-order valence-electron chi connectivity index (χ1n) is 10.4. The monoisotopic (exact) mass is 428 g/mol. The molecular weight excluding hydrogens is 408 g/mol. The van der Waals surface area contributed by atoms with Gasteiger partial charge in [0.2, 0.25) is 5.91 Å². The van der Waals surface area contributed by atoms with Gasteiger partial charge >= 0.3 is 0 Å². The van der Waals surface area contributed by atoms with Crippen molar-refractivity contribution in [2.24, 2.45) is 0 Å². The maximum absolute atomic E-state index is 12.0. The van der Waals surface area contributed by atoms with Gasteiger partial charge in [0.05, 0.1) is 18.8 Å². The highest BCUT2D eigenvalue weighted by molar-refractivity contribution is 6.15. The van der Waals surface area contributed by atoms with E-state index in [0.29, 0.717) is 28.6 Å². The van der Waals surface area contributed by atoms with Gasteiger partial charge in [0.1, 0.15) is 17.3 Å². The van der Waals surface area contributed by atoms with E-state index in [2.05, 4.69) is 20.7 Å². The highest BCUT2D eigenvalue weighted by Gasteiger charge is 2.26. The van der Waals surface area contributed by atoms with Gasteiger partial charge in [-0.2, -0.15) is 9.61 Å². The summed E-state index contributed by atoms with van der Waals surface area (Å²) in [6, 6.07) is 8.22. The van der Waals surface area contributed by atoms with Crippen molar-refractivity contribution in [1.82, 2.24) is 29.3 Å².